The number of carboxylic acids is 1. The number of aromatic carboxylic acids is 1. The Bertz CT molecular complexity index is 1310. The summed E-state index contributed by atoms with van der Waals surface area (Å²) in [6.07, 6.45) is 3.12. The fourth-order valence-corrected chi connectivity index (χ4v) is 4.48. The number of carboxylic acid groups (broad SMARTS) is 1. The Morgan fingerprint density at radius 3 is 2.18 bits per heavy atom. The minimum atomic E-state index is -1.28. The van der Waals surface area contributed by atoms with Crippen LogP contribution in [0.25, 0.3) is 26.6 Å². The van der Waals surface area contributed by atoms with Crippen molar-refractivity contribution in [3.05, 3.63) is 89.5 Å². The summed E-state index contributed by atoms with van der Waals surface area (Å²) in [5.74, 6) is -0.287. The Kier molecular flexibility index (Phi) is 8.10. The van der Waals surface area contributed by atoms with Crippen molar-refractivity contribution in [2.75, 3.05) is 14.2 Å². The van der Waals surface area contributed by atoms with Gasteiger partial charge in [-0.15, -0.1) is 11.3 Å². The molecule has 0 amide bonds. The molecule has 0 N–H and O–H groups in total. The van der Waals surface area contributed by atoms with Crippen LogP contribution in [0.3, 0.4) is 0 Å². The van der Waals surface area contributed by atoms with E-state index in [0.717, 1.165) is 21.4 Å². The quantitative estimate of drug-likeness (QED) is 0.236. The van der Waals surface area contributed by atoms with Gasteiger partial charge in [-0.2, -0.15) is 0 Å². The van der Waals surface area contributed by atoms with Crippen molar-refractivity contribution >= 4 is 39.3 Å². The van der Waals surface area contributed by atoms with Crippen LogP contribution in [-0.4, -0.2) is 26.0 Å². The van der Waals surface area contributed by atoms with E-state index in [-0.39, 0.29) is 40.9 Å². The molecule has 4 rings (SSSR count). The van der Waals surface area contributed by atoms with E-state index in [0.29, 0.717) is 17.1 Å². The minimum Gasteiger partial charge on any atom is -0.545 e. The number of hydrogen-bond donors (Lipinski definition) is 0. The summed E-state index contributed by atoms with van der Waals surface area (Å²) < 4.78 is 12.3. The molecule has 0 saturated heterocycles. The van der Waals surface area contributed by atoms with Crippen molar-refractivity contribution in [1.82, 2.24) is 0 Å². The number of methoxy groups -OCH3 is 2. The number of fused-ring (bicyclic) bond motifs is 1. The topological polar surface area (TPSA) is 75.7 Å². The summed E-state index contributed by atoms with van der Waals surface area (Å²) >= 11 is 1.66. The molecular formula is C26H19NaO5S. The van der Waals surface area contributed by atoms with Gasteiger partial charge in [-0.25, -0.2) is 0 Å². The smallest absolute Gasteiger partial charge is 0.545 e. The van der Waals surface area contributed by atoms with Gasteiger partial charge in [0.05, 0.1) is 20.2 Å². The van der Waals surface area contributed by atoms with Crippen LogP contribution in [0.15, 0.2) is 72.8 Å². The molecule has 0 aliphatic heterocycles. The fourth-order valence-electron chi connectivity index (χ4n) is 3.39. The molecule has 0 saturated carbocycles. The standard InChI is InChI=1S/C26H20O5S.Na/c1-30-22-15-23(31-2)20(25-14-19-5-3-4-6-24(19)32-25)13-18(22)11-12-21(27)16-7-9-17(10-8-16)26(28)29;/h3-15H,1-2H3,(H,28,29);/q;+1/p-1/b12-11+;. The van der Waals surface area contributed by atoms with Crippen LogP contribution >= 0.6 is 11.3 Å². The van der Waals surface area contributed by atoms with E-state index in [9.17, 15) is 14.7 Å². The van der Waals surface area contributed by atoms with E-state index in [1.807, 2.05) is 18.2 Å². The summed E-state index contributed by atoms with van der Waals surface area (Å²) in [6, 6.07) is 19.6. The third kappa shape index (κ3) is 5.37. The van der Waals surface area contributed by atoms with E-state index >= 15 is 0 Å². The number of thiophene rings is 1. The van der Waals surface area contributed by atoms with Crippen LogP contribution < -0.4 is 44.1 Å². The monoisotopic (exact) mass is 466 g/mol. The average Bonchev–Trinajstić information content (AvgIpc) is 3.26. The molecule has 0 atom stereocenters. The Hall–Kier alpha value is -2.90. The van der Waals surface area contributed by atoms with Gasteiger partial charge in [0, 0.05) is 32.3 Å². The van der Waals surface area contributed by atoms with E-state index < -0.39 is 5.97 Å². The van der Waals surface area contributed by atoms with Gasteiger partial charge in [0.15, 0.2) is 5.78 Å². The van der Waals surface area contributed by atoms with Gasteiger partial charge in [0.1, 0.15) is 11.5 Å². The number of allylic oxidation sites excluding steroid dienone is 1. The van der Waals surface area contributed by atoms with Crippen LogP contribution in [0, 0.1) is 0 Å². The van der Waals surface area contributed by atoms with E-state index in [1.165, 1.54) is 35.0 Å². The predicted octanol–water partition coefficient (Wildman–Crippen LogP) is 1.85. The van der Waals surface area contributed by atoms with Gasteiger partial charge in [-0.3, -0.25) is 4.79 Å². The molecule has 0 bridgehead atoms. The predicted molar refractivity (Wildman–Crippen MR) is 125 cm³/mol. The van der Waals surface area contributed by atoms with Gasteiger partial charge < -0.3 is 19.4 Å². The molecule has 1 heterocycles. The van der Waals surface area contributed by atoms with Gasteiger partial charge in [-0.05, 0) is 41.3 Å². The zero-order valence-corrected chi connectivity index (χ0v) is 21.3. The number of carbonyl (C=O) groups is 2. The average molecular weight is 466 g/mol. The van der Waals surface area contributed by atoms with Gasteiger partial charge >= 0.3 is 29.6 Å². The fraction of sp³-hybridized carbons (Fsp3) is 0.0769. The number of carbonyl (C=O) groups excluding carboxylic acids is 2. The number of benzene rings is 3. The molecular weight excluding hydrogens is 447 g/mol. The SMILES string of the molecule is COc1cc(OC)c(-c2cc3ccccc3s2)cc1/C=C/C(=O)c1ccc(C(=O)[O-])cc1.[Na+]. The van der Waals surface area contributed by atoms with Gasteiger partial charge in [0.2, 0.25) is 0 Å². The third-order valence-electron chi connectivity index (χ3n) is 5.06. The third-order valence-corrected chi connectivity index (χ3v) is 6.21. The van der Waals surface area contributed by atoms with Crippen LogP contribution in [0.1, 0.15) is 26.3 Å². The largest absolute Gasteiger partial charge is 1.00 e. The zero-order chi connectivity index (χ0) is 22.7. The van der Waals surface area contributed by atoms with Crippen molar-refractivity contribution in [3.8, 4) is 21.9 Å². The number of rotatable bonds is 7. The minimum absolute atomic E-state index is 0. The van der Waals surface area contributed by atoms with Crippen LogP contribution in [0.4, 0.5) is 0 Å². The van der Waals surface area contributed by atoms with Crippen molar-refractivity contribution in [2.24, 2.45) is 0 Å². The van der Waals surface area contributed by atoms with Crippen molar-refractivity contribution in [3.63, 3.8) is 0 Å². The van der Waals surface area contributed by atoms with Crippen molar-refractivity contribution < 1.29 is 53.7 Å². The maximum atomic E-state index is 12.6. The van der Waals surface area contributed by atoms with E-state index in [4.69, 9.17) is 9.47 Å². The molecule has 4 aromatic rings. The summed E-state index contributed by atoms with van der Waals surface area (Å²) in [6.45, 7) is 0. The molecule has 33 heavy (non-hydrogen) atoms. The van der Waals surface area contributed by atoms with E-state index in [1.54, 1.807) is 37.7 Å². The summed E-state index contributed by atoms with van der Waals surface area (Å²) in [7, 11) is 3.17. The van der Waals surface area contributed by atoms with Crippen molar-refractivity contribution in [2.45, 2.75) is 0 Å². The van der Waals surface area contributed by atoms with Crippen molar-refractivity contribution in [1.29, 1.82) is 0 Å². The number of ketones is 1. The Balaban J connectivity index is 0.00000306. The van der Waals surface area contributed by atoms with Gasteiger partial charge in [0.25, 0.3) is 0 Å². The summed E-state index contributed by atoms with van der Waals surface area (Å²) in [5.41, 5.74) is 2.03. The summed E-state index contributed by atoms with van der Waals surface area (Å²) in [4.78, 5) is 24.5. The Labute approximate surface area is 217 Å². The molecule has 0 unspecified atom stereocenters. The Morgan fingerprint density at radius 1 is 0.879 bits per heavy atom. The molecule has 7 heteroatoms. The molecule has 5 nitrogen and oxygen atoms in total. The molecule has 1 aromatic heterocycles. The molecule has 0 spiro atoms. The second-order valence-electron chi connectivity index (χ2n) is 7.01. The molecule has 0 aliphatic rings. The second kappa shape index (κ2) is 10.8. The molecule has 0 fully saturated rings. The molecule has 3 aromatic carbocycles. The van der Waals surface area contributed by atoms with Crippen LogP contribution in [0.2, 0.25) is 0 Å². The van der Waals surface area contributed by atoms with Crippen LogP contribution in [0.5, 0.6) is 11.5 Å². The number of hydrogen-bond acceptors (Lipinski definition) is 6. The van der Waals surface area contributed by atoms with E-state index in [2.05, 4.69) is 18.2 Å². The summed E-state index contributed by atoms with van der Waals surface area (Å²) in [5, 5.41) is 12.0. The normalized spacial score (nSPS) is 10.7. The first-order valence-corrected chi connectivity index (χ1v) is 10.6. The number of ether oxygens (including phenoxy) is 2. The first-order chi connectivity index (χ1) is 15.5. The Morgan fingerprint density at radius 2 is 1.55 bits per heavy atom. The van der Waals surface area contributed by atoms with Crippen LogP contribution in [-0.2, 0) is 0 Å². The molecule has 160 valence electrons. The maximum Gasteiger partial charge on any atom is 1.00 e. The molecule has 0 aliphatic carbocycles. The molecule has 0 radical (unpaired) electrons. The second-order valence-corrected chi connectivity index (χ2v) is 8.09. The maximum absolute atomic E-state index is 12.6. The van der Waals surface area contributed by atoms with Gasteiger partial charge in [-0.1, -0.05) is 42.5 Å². The zero-order valence-electron chi connectivity index (χ0n) is 18.5. The first kappa shape index (κ1) is 24.7. The first-order valence-electron chi connectivity index (χ1n) is 9.79.